The van der Waals surface area contributed by atoms with E-state index in [2.05, 4.69) is 61.4 Å². The molecule has 0 unspecified atom stereocenters. The summed E-state index contributed by atoms with van der Waals surface area (Å²) in [5.41, 5.74) is 5.25. The van der Waals surface area contributed by atoms with E-state index in [1.807, 2.05) is 66.7 Å². The van der Waals surface area contributed by atoms with Crippen molar-refractivity contribution in [1.29, 1.82) is 0 Å². The van der Waals surface area contributed by atoms with Crippen LogP contribution in [0.25, 0.3) is 22.3 Å². The maximum Gasteiger partial charge on any atom is 0.274 e. The molecule has 10 nitrogen and oxygen atoms in total. The molecule has 5 aromatic rings. The molecule has 1 amide bonds. The fourth-order valence-corrected chi connectivity index (χ4v) is 5.15. The number of carbonyl (C=O) groups excluding carboxylic acids is 2. The van der Waals surface area contributed by atoms with Crippen LogP contribution in [0.15, 0.2) is 91.5 Å². The molecule has 43 heavy (non-hydrogen) atoms. The van der Waals surface area contributed by atoms with Gasteiger partial charge in [0.15, 0.2) is 11.4 Å². The van der Waals surface area contributed by atoms with Gasteiger partial charge in [-0.05, 0) is 55.1 Å². The summed E-state index contributed by atoms with van der Waals surface area (Å²) in [7, 11) is 2.14. The molecule has 3 heterocycles. The lowest BCUT2D eigenvalue weighted by atomic mass is 10.0. The number of para-hydroxylation sites is 1. The Labute approximate surface area is 249 Å². The highest BCUT2D eigenvalue weighted by atomic mass is 16.2. The number of piperazine rings is 1. The molecule has 3 aromatic carbocycles. The molecule has 0 spiro atoms. The zero-order valence-electron chi connectivity index (χ0n) is 23.9. The number of benzene rings is 3. The summed E-state index contributed by atoms with van der Waals surface area (Å²) in [6.07, 6.45) is 1.53. The van der Waals surface area contributed by atoms with E-state index >= 15 is 0 Å². The zero-order valence-corrected chi connectivity index (χ0v) is 23.9. The van der Waals surface area contributed by atoms with Crippen LogP contribution in [-0.2, 0) is 11.2 Å². The zero-order chi connectivity index (χ0) is 29.8. The van der Waals surface area contributed by atoms with Crippen LogP contribution in [0, 0.1) is 0 Å². The van der Waals surface area contributed by atoms with Crippen LogP contribution in [0.4, 0.5) is 23.0 Å². The van der Waals surface area contributed by atoms with Gasteiger partial charge in [-0.25, -0.2) is 4.98 Å². The molecule has 6 rings (SSSR count). The minimum Gasteiger partial charge on any atom is -0.369 e. The molecule has 10 heteroatoms. The number of carbonyl (C=O) groups is 2. The molecular formula is C33H32N8O2. The van der Waals surface area contributed by atoms with Gasteiger partial charge in [0.2, 0.25) is 5.95 Å². The van der Waals surface area contributed by atoms with E-state index < -0.39 is 0 Å². The third-order valence-corrected chi connectivity index (χ3v) is 7.45. The fourth-order valence-electron chi connectivity index (χ4n) is 5.15. The molecule has 1 fully saturated rings. The first-order valence-corrected chi connectivity index (χ1v) is 14.1. The van der Waals surface area contributed by atoms with Gasteiger partial charge >= 0.3 is 0 Å². The fraction of sp³-hybridized carbons (Fsp3) is 0.182. The Kier molecular flexibility index (Phi) is 7.92. The van der Waals surface area contributed by atoms with Crippen molar-refractivity contribution in [2.45, 2.75) is 6.42 Å². The third-order valence-electron chi connectivity index (χ3n) is 7.45. The minimum atomic E-state index is -0.364. The summed E-state index contributed by atoms with van der Waals surface area (Å²) < 4.78 is 0. The number of aromatic nitrogens is 4. The topological polar surface area (TPSA) is 119 Å². The van der Waals surface area contributed by atoms with Crippen molar-refractivity contribution in [2.24, 2.45) is 0 Å². The van der Waals surface area contributed by atoms with Crippen molar-refractivity contribution in [3.8, 4) is 11.3 Å². The van der Waals surface area contributed by atoms with Crippen molar-refractivity contribution in [3.63, 3.8) is 0 Å². The van der Waals surface area contributed by atoms with Gasteiger partial charge in [-0.2, -0.15) is 10.1 Å². The SMILES string of the molecule is C=CC(=O)Cc1cccc(-c2nc(Nc3cccc(N4CCN(C)CC4)c3)nc3n[nH]c(C(=O)Nc4ccccc4)c23)c1. The minimum absolute atomic E-state index is 0.0844. The van der Waals surface area contributed by atoms with E-state index in [0.29, 0.717) is 28.4 Å². The van der Waals surface area contributed by atoms with Gasteiger partial charge < -0.3 is 20.4 Å². The number of rotatable bonds is 9. The van der Waals surface area contributed by atoms with Gasteiger partial charge in [-0.1, -0.05) is 49.0 Å². The first kappa shape index (κ1) is 27.8. The van der Waals surface area contributed by atoms with Gasteiger partial charge in [-0.3, -0.25) is 14.7 Å². The van der Waals surface area contributed by atoms with Gasteiger partial charge in [0, 0.05) is 55.2 Å². The van der Waals surface area contributed by atoms with Gasteiger partial charge in [0.1, 0.15) is 5.69 Å². The predicted molar refractivity (Wildman–Crippen MR) is 170 cm³/mol. The first-order chi connectivity index (χ1) is 21.0. The van der Waals surface area contributed by atoms with Crippen LogP contribution in [0.1, 0.15) is 16.1 Å². The molecule has 3 N–H and O–H groups in total. The average Bonchev–Trinajstić information content (AvgIpc) is 3.46. The van der Waals surface area contributed by atoms with Crippen molar-refractivity contribution in [1.82, 2.24) is 25.1 Å². The second-order valence-corrected chi connectivity index (χ2v) is 10.5. The third kappa shape index (κ3) is 6.29. The number of fused-ring (bicyclic) bond motifs is 1. The van der Waals surface area contributed by atoms with Crippen LogP contribution in [-0.4, -0.2) is 70.0 Å². The molecular weight excluding hydrogens is 540 g/mol. The highest BCUT2D eigenvalue weighted by Crippen LogP contribution is 2.31. The quantitative estimate of drug-likeness (QED) is 0.210. The second kappa shape index (κ2) is 12.3. The monoisotopic (exact) mass is 572 g/mol. The van der Waals surface area contributed by atoms with Crippen LogP contribution in [0.3, 0.4) is 0 Å². The van der Waals surface area contributed by atoms with Crippen molar-refractivity contribution < 1.29 is 9.59 Å². The van der Waals surface area contributed by atoms with Crippen LogP contribution in [0.2, 0.25) is 0 Å². The summed E-state index contributed by atoms with van der Waals surface area (Å²) >= 11 is 0. The van der Waals surface area contributed by atoms with Gasteiger partial charge in [-0.15, -0.1) is 0 Å². The molecule has 0 aliphatic carbocycles. The van der Waals surface area contributed by atoms with Crippen molar-refractivity contribution >= 4 is 45.7 Å². The van der Waals surface area contributed by atoms with E-state index in [9.17, 15) is 9.59 Å². The van der Waals surface area contributed by atoms with Gasteiger partial charge in [0.25, 0.3) is 5.91 Å². The summed E-state index contributed by atoms with van der Waals surface area (Å²) in [5.74, 6) is -0.108. The molecule has 0 bridgehead atoms. The molecule has 1 aliphatic rings. The number of likely N-dealkylation sites (N-methyl/N-ethyl adjacent to an activating group) is 1. The molecule has 216 valence electrons. The largest absolute Gasteiger partial charge is 0.369 e. The van der Waals surface area contributed by atoms with Gasteiger partial charge in [0.05, 0.1) is 11.1 Å². The smallest absolute Gasteiger partial charge is 0.274 e. The lowest BCUT2D eigenvalue weighted by Gasteiger charge is -2.34. The molecule has 1 saturated heterocycles. The Hall–Kier alpha value is -5.35. The standard InChI is InChI=1S/C33H32N8O2/c1-3-27(42)20-22-9-7-10-23(19-22)29-28-30(32(43)34-24-11-5-4-6-12-24)38-39-31(28)37-33(36-29)35-25-13-8-14-26(21-25)41-17-15-40(2)16-18-41/h3-14,19,21H,1,15-18,20H2,2H3,(H,34,43)(H2,35,36,37,38,39). The number of amides is 1. The normalized spacial score (nSPS) is 13.6. The Morgan fingerprint density at radius 2 is 1.70 bits per heavy atom. The summed E-state index contributed by atoms with van der Waals surface area (Å²) in [6.45, 7) is 7.52. The van der Waals surface area contributed by atoms with E-state index in [1.165, 1.54) is 6.08 Å². The Balaban J connectivity index is 1.39. The highest BCUT2D eigenvalue weighted by molar-refractivity contribution is 6.13. The Morgan fingerprint density at radius 1 is 0.930 bits per heavy atom. The lowest BCUT2D eigenvalue weighted by molar-refractivity contribution is -0.114. The summed E-state index contributed by atoms with van der Waals surface area (Å²) in [6, 6.07) is 24.9. The summed E-state index contributed by atoms with van der Waals surface area (Å²) in [4.78, 5) is 39.7. The number of nitrogens with zero attached hydrogens (tertiary/aromatic N) is 5. The van der Waals surface area contributed by atoms with Crippen molar-refractivity contribution in [2.75, 3.05) is 48.8 Å². The number of anilines is 4. The number of hydrogen-bond donors (Lipinski definition) is 3. The van der Waals surface area contributed by atoms with Crippen LogP contribution < -0.4 is 15.5 Å². The number of hydrogen-bond acceptors (Lipinski definition) is 8. The number of nitrogens with one attached hydrogen (secondary N) is 3. The molecule has 0 saturated carbocycles. The molecule has 0 atom stereocenters. The Bertz CT molecular complexity index is 1790. The maximum absolute atomic E-state index is 13.4. The average molecular weight is 573 g/mol. The number of H-pyrrole nitrogens is 1. The predicted octanol–water partition coefficient (Wildman–Crippen LogP) is 5.07. The van der Waals surface area contributed by atoms with E-state index in [4.69, 9.17) is 4.98 Å². The van der Waals surface area contributed by atoms with Crippen molar-refractivity contribution in [3.05, 3.63) is 103 Å². The van der Waals surface area contributed by atoms with Crippen LogP contribution >= 0.6 is 0 Å². The number of aromatic amines is 1. The first-order valence-electron chi connectivity index (χ1n) is 14.1. The second-order valence-electron chi connectivity index (χ2n) is 10.5. The van der Waals surface area contributed by atoms with E-state index in [0.717, 1.165) is 48.7 Å². The molecule has 1 aliphatic heterocycles. The Morgan fingerprint density at radius 3 is 2.49 bits per heavy atom. The summed E-state index contributed by atoms with van der Waals surface area (Å²) in [5, 5.41) is 14.0. The van der Waals surface area contributed by atoms with E-state index in [-0.39, 0.29) is 23.8 Å². The maximum atomic E-state index is 13.4. The molecule has 0 radical (unpaired) electrons. The number of allylic oxidation sites excluding steroid dienone is 1. The molecule has 2 aromatic heterocycles. The van der Waals surface area contributed by atoms with Crippen LogP contribution in [0.5, 0.6) is 0 Å². The lowest BCUT2D eigenvalue weighted by Crippen LogP contribution is -2.44. The van der Waals surface area contributed by atoms with E-state index in [1.54, 1.807) is 0 Å². The highest BCUT2D eigenvalue weighted by Gasteiger charge is 2.22. The number of ketones is 1.